The standard InChI is InChI=1S/C24H18N2.ClH/c1-3-9-17(10-4-1)22(18-11-5-2-6-12-18)24-25-20-15-7-13-19-14-8-16-21(26-24)23(19)20;/h1-16,22H,(H,25,26);1H. The van der Waals surface area contributed by atoms with Crippen LogP contribution in [0.25, 0.3) is 10.8 Å². The predicted octanol–water partition coefficient (Wildman–Crippen LogP) is 6.55. The summed E-state index contributed by atoms with van der Waals surface area (Å²) in [6, 6.07) is 33.8. The Labute approximate surface area is 165 Å². The van der Waals surface area contributed by atoms with Gasteiger partial charge >= 0.3 is 0 Å². The molecule has 0 bridgehead atoms. The van der Waals surface area contributed by atoms with Gasteiger partial charge in [0.05, 0.1) is 11.6 Å². The molecule has 2 nitrogen and oxygen atoms in total. The summed E-state index contributed by atoms with van der Waals surface area (Å²) in [5, 5.41) is 6.02. The number of nitrogens with one attached hydrogen (secondary N) is 1. The number of rotatable bonds is 3. The predicted molar refractivity (Wildman–Crippen MR) is 117 cm³/mol. The van der Waals surface area contributed by atoms with Crippen LogP contribution in [0.5, 0.6) is 0 Å². The highest BCUT2D eigenvalue weighted by Crippen LogP contribution is 2.39. The van der Waals surface area contributed by atoms with E-state index < -0.39 is 0 Å². The first-order valence-electron chi connectivity index (χ1n) is 8.87. The molecule has 4 aromatic rings. The molecule has 1 aliphatic rings. The molecule has 132 valence electrons. The van der Waals surface area contributed by atoms with Gasteiger partial charge in [0.15, 0.2) is 0 Å². The van der Waals surface area contributed by atoms with Crippen molar-refractivity contribution in [3.8, 4) is 0 Å². The Balaban J connectivity index is 0.00000180. The lowest BCUT2D eigenvalue weighted by molar-refractivity contribution is 1.07. The van der Waals surface area contributed by atoms with E-state index in [4.69, 9.17) is 4.99 Å². The van der Waals surface area contributed by atoms with Gasteiger partial charge in [0, 0.05) is 11.1 Å². The second-order valence-electron chi connectivity index (χ2n) is 6.56. The van der Waals surface area contributed by atoms with Crippen molar-refractivity contribution in [2.24, 2.45) is 4.99 Å². The number of hydrogen-bond donors (Lipinski definition) is 1. The molecule has 5 rings (SSSR count). The molecule has 0 unspecified atom stereocenters. The van der Waals surface area contributed by atoms with Crippen molar-refractivity contribution in [2.75, 3.05) is 5.32 Å². The number of amidine groups is 1. The van der Waals surface area contributed by atoms with Gasteiger partial charge in [-0.25, -0.2) is 4.99 Å². The number of anilines is 1. The van der Waals surface area contributed by atoms with E-state index in [9.17, 15) is 0 Å². The summed E-state index contributed by atoms with van der Waals surface area (Å²) in [7, 11) is 0. The Hall–Kier alpha value is -3.10. The van der Waals surface area contributed by atoms with Crippen molar-refractivity contribution < 1.29 is 0 Å². The summed E-state index contributed by atoms with van der Waals surface area (Å²) < 4.78 is 0. The van der Waals surface area contributed by atoms with Crippen molar-refractivity contribution in [3.05, 3.63) is 108 Å². The molecule has 0 radical (unpaired) electrons. The van der Waals surface area contributed by atoms with Crippen LogP contribution in [-0.2, 0) is 0 Å². The van der Waals surface area contributed by atoms with Gasteiger partial charge in [0.25, 0.3) is 0 Å². The van der Waals surface area contributed by atoms with E-state index >= 15 is 0 Å². The third kappa shape index (κ3) is 3.09. The fourth-order valence-corrected chi connectivity index (χ4v) is 3.75. The van der Waals surface area contributed by atoms with E-state index in [1.807, 2.05) is 0 Å². The Morgan fingerprint density at radius 3 is 1.85 bits per heavy atom. The lowest BCUT2D eigenvalue weighted by atomic mass is 9.89. The van der Waals surface area contributed by atoms with Crippen molar-refractivity contribution >= 4 is 40.4 Å². The topological polar surface area (TPSA) is 24.4 Å². The first-order chi connectivity index (χ1) is 12.9. The third-order valence-corrected chi connectivity index (χ3v) is 4.93. The number of nitrogens with zero attached hydrogens (tertiary/aromatic N) is 1. The minimum atomic E-state index is 0. The molecule has 0 saturated heterocycles. The number of benzene rings is 4. The molecule has 3 heteroatoms. The summed E-state index contributed by atoms with van der Waals surface area (Å²) in [6.07, 6.45) is 0. The zero-order valence-electron chi connectivity index (χ0n) is 14.7. The van der Waals surface area contributed by atoms with Gasteiger partial charge in [-0.3, -0.25) is 0 Å². The zero-order chi connectivity index (χ0) is 17.3. The molecular weight excluding hydrogens is 352 g/mol. The Bertz CT molecular complexity index is 1060. The van der Waals surface area contributed by atoms with Crippen molar-refractivity contribution in [1.82, 2.24) is 0 Å². The molecule has 0 aromatic heterocycles. The highest BCUT2D eigenvalue weighted by atomic mass is 35.5. The summed E-state index contributed by atoms with van der Waals surface area (Å²) in [5.41, 5.74) is 4.62. The van der Waals surface area contributed by atoms with Gasteiger partial charge in [0.1, 0.15) is 5.84 Å². The Morgan fingerprint density at radius 1 is 0.630 bits per heavy atom. The van der Waals surface area contributed by atoms with Crippen LogP contribution in [-0.4, -0.2) is 5.84 Å². The lowest BCUT2D eigenvalue weighted by Crippen LogP contribution is -2.24. The summed E-state index contributed by atoms with van der Waals surface area (Å²) >= 11 is 0. The Kier molecular flexibility index (Phi) is 4.66. The molecule has 0 amide bonds. The summed E-state index contributed by atoms with van der Waals surface area (Å²) in [5.74, 6) is 1.04. The summed E-state index contributed by atoms with van der Waals surface area (Å²) in [6.45, 7) is 0. The molecule has 0 fully saturated rings. The maximum atomic E-state index is 5.02. The van der Waals surface area contributed by atoms with E-state index in [0.717, 1.165) is 17.2 Å². The minimum Gasteiger partial charge on any atom is -0.342 e. The van der Waals surface area contributed by atoms with E-state index in [2.05, 4.69) is 102 Å². The van der Waals surface area contributed by atoms with Crippen LogP contribution in [0.15, 0.2) is 102 Å². The van der Waals surface area contributed by atoms with Gasteiger partial charge < -0.3 is 5.32 Å². The van der Waals surface area contributed by atoms with Crippen LogP contribution in [0.3, 0.4) is 0 Å². The average Bonchev–Trinajstić information content (AvgIpc) is 2.70. The molecule has 4 aromatic carbocycles. The Morgan fingerprint density at radius 2 is 1.22 bits per heavy atom. The van der Waals surface area contributed by atoms with Crippen LogP contribution in [0, 0.1) is 0 Å². The first-order valence-corrected chi connectivity index (χ1v) is 8.87. The van der Waals surface area contributed by atoms with Crippen molar-refractivity contribution in [3.63, 3.8) is 0 Å². The molecule has 0 spiro atoms. The largest absolute Gasteiger partial charge is 0.342 e. The summed E-state index contributed by atoms with van der Waals surface area (Å²) in [4.78, 5) is 5.02. The van der Waals surface area contributed by atoms with Crippen molar-refractivity contribution in [2.45, 2.75) is 5.92 Å². The molecule has 0 saturated carbocycles. The SMILES string of the molecule is Cl.c1ccc(C(C2=Nc3cccc4cccc(c34)N2)c2ccccc2)cc1. The number of aliphatic imine (C=N–C) groups is 1. The lowest BCUT2D eigenvalue weighted by Gasteiger charge is -2.26. The fourth-order valence-electron chi connectivity index (χ4n) is 3.75. The number of halogens is 1. The molecule has 0 atom stereocenters. The van der Waals surface area contributed by atoms with Gasteiger partial charge in [-0.1, -0.05) is 84.9 Å². The average molecular weight is 371 g/mol. The first kappa shape index (κ1) is 17.3. The molecular formula is C24H19ClN2. The van der Waals surface area contributed by atoms with Crippen LogP contribution < -0.4 is 5.32 Å². The van der Waals surface area contributed by atoms with E-state index in [1.54, 1.807) is 0 Å². The third-order valence-electron chi connectivity index (χ3n) is 4.93. The fraction of sp³-hybridized carbons (Fsp3) is 0.0417. The quantitative estimate of drug-likeness (QED) is 0.434. The van der Waals surface area contributed by atoms with Crippen molar-refractivity contribution in [1.29, 1.82) is 0 Å². The smallest absolute Gasteiger partial charge is 0.119 e. The number of hydrogen-bond acceptors (Lipinski definition) is 2. The van der Waals surface area contributed by atoms with Crippen LogP contribution >= 0.6 is 12.4 Å². The van der Waals surface area contributed by atoms with Crippen LogP contribution in [0.1, 0.15) is 17.0 Å². The van der Waals surface area contributed by atoms with Gasteiger partial charge in [-0.05, 0) is 28.6 Å². The van der Waals surface area contributed by atoms with E-state index in [0.29, 0.717) is 0 Å². The highest BCUT2D eigenvalue weighted by Gasteiger charge is 2.24. The maximum Gasteiger partial charge on any atom is 0.119 e. The monoisotopic (exact) mass is 370 g/mol. The van der Waals surface area contributed by atoms with Gasteiger partial charge in [-0.2, -0.15) is 0 Å². The highest BCUT2D eigenvalue weighted by molar-refractivity contribution is 6.16. The van der Waals surface area contributed by atoms with E-state index in [-0.39, 0.29) is 18.3 Å². The van der Waals surface area contributed by atoms with Gasteiger partial charge in [0.2, 0.25) is 0 Å². The molecule has 1 N–H and O–H groups in total. The van der Waals surface area contributed by atoms with E-state index in [1.165, 1.54) is 21.9 Å². The van der Waals surface area contributed by atoms with Crippen LogP contribution in [0.4, 0.5) is 11.4 Å². The second-order valence-corrected chi connectivity index (χ2v) is 6.56. The molecule has 1 aliphatic heterocycles. The van der Waals surface area contributed by atoms with Gasteiger partial charge in [-0.15, -0.1) is 12.4 Å². The maximum absolute atomic E-state index is 5.02. The molecule has 27 heavy (non-hydrogen) atoms. The second kappa shape index (κ2) is 7.26. The minimum absolute atomic E-state index is 0. The normalized spacial score (nSPS) is 12.3. The zero-order valence-corrected chi connectivity index (χ0v) is 15.5. The molecule has 1 heterocycles. The molecule has 0 aliphatic carbocycles. The van der Waals surface area contributed by atoms with Crippen LogP contribution in [0.2, 0.25) is 0 Å².